The summed E-state index contributed by atoms with van der Waals surface area (Å²) in [5.74, 6) is 0.447. The highest BCUT2D eigenvalue weighted by atomic mass is 35.5. The van der Waals surface area contributed by atoms with Gasteiger partial charge in [0, 0.05) is 19.6 Å². The van der Waals surface area contributed by atoms with Gasteiger partial charge in [0.15, 0.2) is 0 Å². The SMILES string of the molecule is CCOC(=O)CC1NCCN(CC2CC2)C1=O.Cl. The molecule has 1 saturated carbocycles. The molecular formula is C12H21ClN2O3. The summed E-state index contributed by atoms with van der Waals surface area (Å²) in [6.07, 6.45) is 2.62. The number of carbonyl (C=O) groups excluding carboxylic acids is 2. The first-order chi connectivity index (χ1) is 8.20. The summed E-state index contributed by atoms with van der Waals surface area (Å²) in [5.41, 5.74) is 0. The number of piperazine rings is 1. The second-order valence-electron chi connectivity index (χ2n) is 4.74. The molecule has 2 fully saturated rings. The van der Waals surface area contributed by atoms with Crippen LogP contribution in [0.3, 0.4) is 0 Å². The van der Waals surface area contributed by atoms with Crippen molar-refractivity contribution in [3.05, 3.63) is 0 Å². The first-order valence-electron chi connectivity index (χ1n) is 6.38. The summed E-state index contributed by atoms with van der Waals surface area (Å²) >= 11 is 0. The minimum absolute atomic E-state index is 0. The molecule has 5 nitrogen and oxygen atoms in total. The number of esters is 1. The van der Waals surface area contributed by atoms with Gasteiger partial charge in [0.1, 0.15) is 0 Å². The number of amides is 1. The third-order valence-corrected chi connectivity index (χ3v) is 3.23. The fourth-order valence-electron chi connectivity index (χ4n) is 2.13. The molecule has 0 spiro atoms. The van der Waals surface area contributed by atoms with E-state index in [1.165, 1.54) is 12.8 Å². The minimum atomic E-state index is -0.387. The van der Waals surface area contributed by atoms with Gasteiger partial charge in [0.25, 0.3) is 0 Å². The number of nitrogens with zero attached hydrogens (tertiary/aromatic N) is 1. The lowest BCUT2D eigenvalue weighted by Crippen LogP contribution is -2.56. The molecule has 1 unspecified atom stereocenters. The van der Waals surface area contributed by atoms with Crippen molar-refractivity contribution in [1.82, 2.24) is 10.2 Å². The van der Waals surface area contributed by atoms with Crippen LogP contribution in [0.2, 0.25) is 0 Å². The van der Waals surface area contributed by atoms with E-state index in [0.29, 0.717) is 12.5 Å². The first-order valence-corrected chi connectivity index (χ1v) is 6.38. The van der Waals surface area contributed by atoms with E-state index in [2.05, 4.69) is 5.32 Å². The lowest BCUT2D eigenvalue weighted by atomic mass is 10.1. The Balaban J connectivity index is 0.00000162. The van der Waals surface area contributed by atoms with E-state index >= 15 is 0 Å². The van der Waals surface area contributed by atoms with E-state index in [-0.39, 0.29) is 36.7 Å². The molecule has 0 bridgehead atoms. The van der Waals surface area contributed by atoms with Gasteiger partial charge in [-0.1, -0.05) is 0 Å². The summed E-state index contributed by atoms with van der Waals surface area (Å²) in [4.78, 5) is 25.3. The normalized spacial score (nSPS) is 23.5. The highest BCUT2D eigenvalue weighted by molar-refractivity contribution is 5.87. The predicted molar refractivity (Wildman–Crippen MR) is 69.6 cm³/mol. The van der Waals surface area contributed by atoms with Crippen molar-refractivity contribution in [2.24, 2.45) is 5.92 Å². The Morgan fingerprint density at radius 3 is 2.83 bits per heavy atom. The lowest BCUT2D eigenvalue weighted by molar-refractivity contribution is -0.148. The predicted octanol–water partition coefficient (Wildman–Crippen LogP) is 0.572. The third kappa shape index (κ3) is 4.14. The number of rotatable bonds is 5. The van der Waals surface area contributed by atoms with Gasteiger partial charge in [-0.2, -0.15) is 0 Å². The smallest absolute Gasteiger partial charge is 0.307 e. The van der Waals surface area contributed by atoms with Crippen LogP contribution >= 0.6 is 12.4 Å². The summed E-state index contributed by atoms with van der Waals surface area (Å²) in [6, 6.07) is -0.387. The largest absolute Gasteiger partial charge is 0.466 e. The van der Waals surface area contributed by atoms with Crippen molar-refractivity contribution < 1.29 is 14.3 Å². The Labute approximate surface area is 114 Å². The van der Waals surface area contributed by atoms with Crippen molar-refractivity contribution >= 4 is 24.3 Å². The van der Waals surface area contributed by atoms with Crippen LogP contribution in [0.5, 0.6) is 0 Å². The van der Waals surface area contributed by atoms with Crippen molar-refractivity contribution in [2.45, 2.75) is 32.2 Å². The molecule has 2 rings (SSSR count). The van der Waals surface area contributed by atoms with Crippen LogP contribution in [-0.2, 0) is 14.3 Å². The second-order valence-corrected chi connectivity index (χ2v) is 4.74. The minimum Gasteiger partial charge on any atom is -0.466 e. The average Bonchev–Trinajstić information content (AvgIpc) is 3.08. The number of hydrogen-bond donors (Lipinski definition) is 1. The molecule has 0 aromatic rings. The average molecular weight is 277 g/mol. The van der Waals surface area contributed by atoms with Gasteiger partial charge >= 0.3 is 5.97 Å². The van der Waals surface area contributed by atoms with E-state index < -0.39 is 0 Å². The van der Waals surface area contributed by atoms with Crippen LogP contribution in [-0.4, -0.2) is 49.1 Å². The quantitative estimate of drug-likeness (QED) is 0.746. The summed E-state index contributed by atoms with van der Waals surface area (Å²) in [6.45, 7) is 4.52. The maximum absolute atomic E-state index is 12.1. The monoisotopic (exact) mass is 276 g/mol. The van der Waals surface area contributed by atoms with Gasteiger partial charge in [-0.3, -0.25) is 9.59 Å². The Bertz CT molecular complexity index is 308. The van der Waals surface area contributed by atoms with Crippen molar-refractivity contribution in [3.63, 3.8) is 0 Å². The van der Waals surface area contributed by atoms with E-state index in [1.54, 1.807) is 6.92 Å². The molecule has 1 aliphatic carbocycles. The van der Waals surface area contributed by atoms with Gasteiger partial charge < -0.3 is 15.0 Å². The molecule has 6 heteroatoms. The molecule has 2 aliphatic rings. The fraction of sp³-hybridized carbons (Fsp3) is 0.833. The van der Waals surface area contributed by atoms with Gasteiger partial charge in [-0.05, 0) is 25.7 Å². The van der Waals surface area contributed by atoms with Crippen LogP contribution in [0.1, 0.15) is 26.2 Å². The first kappa shape index (κ1) is 15.2. The van der Waals surface area contributed by atoms with Gasteiger partial charge in [-0.25, -0.2) is 0 Å². The topological polar surface area (TPSA) is 58.6 Å². The molecule has 104 valence electrons. The molecule has 1 saturated heterocycles. The molecule has 0 radical (unpaired) electrons. The van der Waals surface area contributed by atoms with Crippen LogP contribution in [0.25, 0.3) is 0 Å². The molecule has 1 amide bonds. The standard InChI is InChI=1S/C12H20N2O3.ClH/c1-2-17-11(15)7-10-12(16)14(6-5-13-10)8-9-3-4-9;/h9-10,13H,2-8H2,1H3;1H. The van der Waals surface area contributed by atoms with E-state index in [0.717, 1.165) is 19.6 Å². The second kappa shape index (κ2) is 6.95. The zero-order valence-corrected chi connectivity index (χ0v) is 11.5. The van der Waals surface area contributed by atoms with E-state index in [1.807, 2.05) is 4.90 Å². The Kier molecular flexibility index (Phi) is 5.88. The molecular weight excluding hydrogens is 256 g/mol. The van der Waals surface area contributed by atoms with Crippen molar-refractivity contribution in [1.29, 1.82) is 0 Å². The van der Waals surface area contributed by atoms with Gasteiger partial charge in [0.2, 0.25) is 5.91 Å². The summed E-state index contributed by atoms with van der Waals surface area (Å²) in [5, 5.41) is 3.09. The summed E-state index contributed by atoms with van der Waals surface area (Å²) < 4.78 is 4.87. The Hall–Kier alpha value is -0.810. The van der Waals surface area contributed by atoms with E-state index in [4.69, 9.17) is 4.74 Å². The molecule has 1 N–H and O–H groups in total. The van der Waals surface area contributed by atoms with Crippen molar-refractivity contribution in [3.8, 4) is 0 Å². The molecule has 0 aromatic heterocycles. The number of hydrogen-bond acceptors (Lipinski definition) is 4. The van der Waals surface area contributed by atoms with Crippen LogP contribution in [0, 0.1) is 5.92 Å². The van der Waals surface area contributed by atoms with Gasteiger partial charge in [0.05, 0.1) is 19.1 Å². The van der Waals surface area contributed by atoms with Crippen LogP contribution < -0.4 is 5.32 Å². The highest BCUT2D eigenvalue weighted by Crippen LogP contribution is 2.30. The number of halogens is 1. The van der Waals surface area contributed by atoms with Crippen LogP contribution in [0.15, 0.2) is 0 Å². The Morgan fingerprint density at radius 2 is 2.22 bits per heavy atom. The third-order valence-electron chi connectivity index (χ3n) is 3.23. The fourth-order valence-corrected chi connectivity index (χ4v) is 2.13. The molecule has 18 heavy (non-hydrogen) atoms. The Morgan fingerprint density at radius 1 is 1.50 bits per heavy atom. The zero-order valence-electron chi connectivity index (χ0n) is 10.7. The zero-order chi connectivity index (χ0) is 12.3. The lowest BCUT2D eigenvalue weighted by Gasteiger charge is -2.32. The molecule has 0 aromatic carbocycles. The summed E-state index contributed by atoms with van der Waals surface area (Å²) in [7, 11) is 0. The van der Waals surface area contributed by atoms with E-state index in [9.17, 15) is 9.59 Å². The molecule has 1 atom stereocenters. The van der Waals surface area contributed by atoms with Crippen LogP contribution in [0.4, 0.5) is 0 Å². The maximum atomic E-state index is 12.1. The number of nitrogens with one attached hydrogen (secondary N) is 1. The molecule has 1 aliphatic heterocycles. The number of carbonyl (C=O) groups is 2. The molecule has 1 heterocycles. The maximum Gasteiger partial charge on any atom is 0.307 e. The van der Waals surface area contributed by atoms with Gasteiger partial charge in [-0.15, -0.1) is 12.4 Å². The van der Waals surface area contributed by atoms with Crippen molar-refractivity contribution in [2.75, 3.05) is 26.2 Å². The number of ether oxygens (including phenoxy) is 1. The highest BCUT2D eigenvalue weighted by Gasteiger charge is 2.33.